The summed E-state index contributed by atoms with van der Waals surface area (Å²) in [7, 11) is 1.53. The number of amides is 1. The third-order valence-corrected chi connectivity index (χ3v) is 4.66. The molecule has 0 bridgehead atoms. The van der Waals surface area contributed by atoms with Crippen molar-refractivity contribution in [2.75, 3.05) is 25.6 Å². The molecule has 2 N–H and O–H groups in total. The van der Waals surface area contributed by atoms with Crippen molar-refractivity contribution in [3.05, 3.63) is 33.9 Å². The number of nitrogens with zero attached hydrogens (tertiary/aromatic N) is 1. The highest BCUT2D eigenvalue weighted by Gasteiger charge is 2.24. The molecule has 28 heavy (non-hydrogen) atoms. The van der Waals surface area contributed by atoms with Gasteiger partial charge in [0.25, 0.3) is 11.6 Å². The molecular formula is C19H27N3O6. The quantitative estimate of drug-likeness (QED) is 0.286. The number of carbonyl (C=O) groups excluding carboxylic acids is 2. The molecule has 0 unspecified atom stereocenters. The molecule has 0 heterocycles. The first-order valence-electron chi connectivity index (χ1n) is 9.45. The van der Waals surface area contributed by atoms with Gasteiger partial charge in [0.2, 0.25) is 0 Å². The van der Waals surface area contributed by atoms with Gasteiger partial charge < -0.3 is 20.1 Å². The number of anilines is 1. The lowest BCUT2D eigenvalue weighted by atomic mass is 9.95. The van der Waals surface area contributed by atoms with Gasteiger partial charge in [0.15, 0.2) is 6.10 Å². The van der Waals surface area contributed by atoms with Gasteiger partial charge in [-0.3, -0.25) is 14.9 Å². The second-order valence-corrected chi connectivity index (χ2v) is 6.80. The standard InChI is InChI=1S/C19H27N3O6/c1-13(18(23)21-15-6-4-3-5-7-15)28-19(24)14-8-9-16(20-10-11-27-2)17(12-14)22(25)26/h8-9,12-13,15,20H,3-7,10-11H2,1-2H3,(H,21,23)/t13-/m0/s1. The summed E-state index contributed by atoms with van der Waals surface area (Å²) in [5, 5.41) is 17.1. The molecule has 1 aromatic carbocycles. The topological polar surface area (TPSA) is 120 Å². The summed E-state index contributed by atoms with van der Waals surface area (Å²) in [5.41, 5.74) is 0.0489. The molecule has 1 aliphatic carbocycles. The Balaban J connectivity index is 1.99. The van der Waals surface area contributed by atoms with Crippen molar-refractivity contribution in [1.29, 1.82) is 0 Å². The van der Waals surface area contributed by atoms with Crippen LogP contribution in [0.25, 0.3) is 0 Å². The molecule has 0 saturated heterocycles. The smallest absolute Gasteiger partial charge is 0.339 e. The Labute approximate surface area is 163 Å². The van der Waals surface area contributed by atoms with E-state index in [1.165, 1.54) is 32.6 Å². The van der Waals surface area contributed by atoms with Gasteiger partial charge in [0, 0.05) is 25.8 Å². The molecule has 1 atom stereocenters. The molecule has 9 nitrogen and oxygen atoms in total. The number of carbonyl (C=O) groups is 2. The van der Waals surface area contributed by atoms with Crippen LogP contribution in [-0.4, -0.2) is 49.2 Å². The Morgan fingerprint density at radius 3 is 2.64 bits per heavy atom. The van der Waals surface area contributed by atoms with Gasteiger partial charge in [0.1, 0.15) is 5.69 Å². The summed E-state index contributed by atoms with van der Waals surface area (Å²) in [5.74, 6) is -1.13. The average Bonchev–Trinajstić information content (AvgIpc) is 2.68. The summed E-state index contributed by atoms with van der Waals surface area (Å²) in [6.07, 6.45) is 4.20. The lowest BCUT2D eigenvalue weighted by molar-refractivity contribution is -0.384. The van der Waals surface area contributed by atoms with Crippen molar-refractivity contribution < 1.29 is 24.0 Å². The van der Waals surface area contributed by atoms with Crippen LogP contribution in [0.5, 0.6) is 0 Å². The van der Waals surface area contributed by atoms with Crippen LogP contribution in [0.4, 0.5) is 11.4 Å². The molecule has 1 saturated carbocycles. The first kappa shape index (κ1) is 21.6. The van der Waals surface area contributed by atoms with E-state index in [4.69, 9.17) is 9.47 Å². The van der Waals surface area contributed by atoms with Crippen LogP contribution in [0.3, 0.4) is 0 Å². The van der Waals surface area contributed by atoms with Crippen molar-refractivity contribution in [3.8, 4) is 0 Å². The fourth-order valence-electron chi connectivity index (χ4n) is 3.09. The lowest BCUT2D eigenvalue weighted by Gasteiger charge is -2.24. The molecule has 2 rings (SSSR count). The number of hydrogen-bond donors (Lipinski definition) is 2. The fraction of sp³-hybridized carbons (Fsp3) is 0.579. The molecular weight excluding hydrogens is 366 g/mol. The van der Waals surface area contributed by atoms with E-state index in [-0.39, 0.29) is 28.9 Å². The highest BCUT2D eigenvalue weighted by atomic mass is 16.6. The number of esters is 1. The number of nitrogens with one attached hydrogen (secondary N) is 2. The van der Waals surface area contributed by atoms with E-state index in [1.807, 2.05) is 0 Å². The normalized spacial score (nSPS) is 15.5. The number of hydrogen-bond acceptors (Lipinski definition) is 7. The van der Waals surface area contributed by atoms with Gasteiger partial charge in [-0.1, -0.05) is 19.3 Å². The summed E-state index contributed by atoms with van der Waals surface area (Å²) in [4.78, 5) is 35.3. The molecule has 1 fully saturated rings. The Bertz CT molecular complexity index is 703. The number of benzene rings is 1. The van der Waals surface area contributed by atoms with E-state index >= 15 is 0 Å². The summed E-state index contributed by atoms with van der Waals surface area (Å²) < 4.78 is 10.1. The number of nitro benzene ring substituents is 1. The SMILES string of the molecule is COCCNc1ccc(C(=O)O[C@@H](C)C(=O)NC2CCCCC2)cc1[N+](=O)[O-]. The average molecular weight is 393 g/mol. The fourth-order valence-corrected chi connectivity index (χ4v) is 3.09. The second kappa shape index (κ2) is 10.6. The van der Waals surface area contributed by atoms with Crippen LogP contribution in [0.1, 0.15) is 49.4 Å². The van der Waals surface area contributed by atoms with Gasteiger partial charge >= 0.3 is 5.97 Å². The molecule has 0 aliphatic heterocycles. The molecule has 0 radical (unpaired) electrons. The molecule has 0 spiro atoms. The van der Waals surface area contributed by atoms with E-state index in [1.54, 1.807) is 0 Å². The Hall–Kier alpha value is -2.68. The molecule has 9 heteroatoms. The monoisotopic (exact) mass is 393 g/mol. The molecule has 154 valence electrons. The molecule has 1 amide bonds. The number of rotatable bonds is 9. The lowest BCUT2D eigenvalue weighted by Crippen LogP contribution is -2.42. The van der Waals surface area contributed by atoms with Crippen molar-refractivity contribution in [3.63, 3.8) is 0 Å². The van der Waals surface area contributed by atoms with Crippen LogP contribution < -0.4 is 10.6 Å². The minimum atomic E-state index is -0.979. The van der Waals surface area contributed by atoms with E-state index in [9.17, 15) is 19.7 Å². The zero-order valence-corrected chi connectivity index (χ0v) is 16.2. The van der Waals surface area contributed by atoms with E-state index in [0.29, 0.717) is 13.2 Å². The zero-order valence-electron chi connectivity index (χ0n) is 16.2. The van der Waals surface area contributed by atoms with Crippen LogP contribution in [0.15, 0.2) is 18.2 Å². The maximum absolute atomic E-state index is 12.3. The van der Waals surface area contributed by atoms with Crippen molar-refractivity contribution >= 4 is 23.3 Å². The van der Waals surface area contributed by atoms with Crippen LogP contribution >= 0.6 is 0 Å². The summed E-state index contributed by atoms with van der Waals surface area (Å²) >= 11 is 0. The van der Waals surface area contributed by atoms with Crippen molar-refractivity contribution in [2.45, 2.75) is 51.2 Å². The first-order valence-corrected chi connectivity index (χ1v) is 9.45. The Morgan fingerprint density at radius 2 is 2.00 bits per heavy atom. The third kappa shape index (κ3) is 6.19. The van der Waals surface area contributed by atoms with Gasteiger partial charge in [-0.15, -0.1) is 0 Å². The Morgan fingerprint density at radius 1 is 1.29 bits per heavy atom. The highest BCUT2D eigenvalue weighted by Crippen LogP contribution is 2.26. The van der Waals surface area contributed by atoms with E-state index in [0.717, 1.165) is 31.7 Å². The Kier molecular flexibility index (Phi) is 8.19. The summed E-state index contributed by atoms with van der Waals surface area (Å²) in [6, 6.07) is 4.12. The van der Waals surface area contributed by atoms with E-state index < -0.39 is 17.0 Å². The van der Waals surface area contributed by atoms with Gasteiger partial charge in [-0.05, 0) is 31.9 Å². The molecule has 1 aromatic rings. The number of ether oxygens (including phenoxy) is 2. The minimum absolute atomic E-state index is 0.0151. The molecule has 0 aromatic heterocycles. The van der Waals surface area contributed by atoms with Gasteiger partial charge in [-0.25, -0.2) is 4.79 Å². The van der Waals surface area contributed by atoms with Crippen LogP contribution in [-0.2, 0) is 14.3 Å². The third-order valence-electron chi connectivity index (χ3n) is 4.66. The maximum Gasteiger partial charge on any atom is 0.339 e. The predicted molar refractivity (Wildman–Crippen MR) is 103 cm³/mol. The van der Waals surface area contributed by atoms with Crippen LogP contribution in [0, 0.1) is 10.1 Å². The van der Waals surface area contributed by atoms with E-state index in [2.05, 4.69) is 10.6 Å². The minimum Gasteiger partial charge on any atom is -0.449 e. The number of methoxy groups -OCH3 is 1. The number of nitro groups is 1. The largest absolute Gasteiger partial charge is 0.449 e. The van der Waals surface area contributed by atoms with Crippen LogP contribution in [0.2, 0.25) is 0 Å². The predicted octanol–water partition coefficient (Wildman–Crippen LogP) is 2.65. The first-order chi connectivity index (χ1) is 13.4. The molecule has 1 aliphatic rings. The zero-order chi connectivity index (χ0) is 20.5. The van der Waals surface area contributed by atoms with Crippen molar-refractivity contribution in [2.24, 2.45) is 0 Å². The van der Waals surface area contributed by atoms with Gasteiger partial charge in [0.05, 0.1) is 17.1 Å². The second-order valence-electron chi connectivity index (χ2n) is 6.80. The maximum atomic E-state index is 12.3. The summed E-state index contributed by atoms with van der Waals surface area (Å²) in [6.45, 7) is 2.26. The van der Waals surface area contributed by atoms with Gasteiger partial charge in [-0.2, -0.15) is 0 Å². The van der Waals surface area contributed by atoms with Crippen molar-refractivity contribution in [1.82, 2.24) is 5.32 Å². The highest BCUT2D eigenvalue weighted by molar-refractivity contribution is 5.93.